The average Bonchev–Trinajstić information content (AvgIpc) is 2.48. The largest absolute Gasteiger partial charge is 0.389 e. The van der Waals surface area contributed by atoms with Gasteiger partial charge in [0.05, 0.1) is 12.1 Å². The molecular formula is C16H20ClFN2O. The summed E-state index contributed by atoms with van der Waals surface area (Å²) < 4.78 is 13.4. The van der Waals surface area contributed by atoms with Crippen molar-refractivity contribution in [3.8, 4) is 0 Å². The van der Waals surface area contributed by atoms with Crippen LogP contribution in [0.2, 0.25) is 0 Å². The highest BCUT2D eigenvalue weighted by Gasteiger charge is 2.25. The number of benzene rings is 2. The van der Waals surface area contributed by atoms with Gasteiger partial charge in [-0.3, -0.25) is 0 Å². The predicted molar refractivity (Wildman–Crippen MR) is 86.3 cm³/mol. The second-order valence-electron chi connectivity index (χ2n) is 4.75. The van der Waals surface area contributed by atoms with Gasteiger partial charge in [-0.05, 0) is 29.8 Å². The first-order valence-corrected chi connectivity index (χ1v) is 6.55. The van der Waals surface area contributed by atoms with Crippen LogP contribution in [0.4, 0.5) is 10.1 Å². The van der Waals surface area contributed by atoms with Crippen molar-refractivity contribution in [1.29, 1.82) is 0 Å². The molecule has 3 nitrogen and oxygen atoms in total. The molecular weight excluding hydrogens is 291 g/mol. The standard InChI is InChI=1S/C16H19FN2O.ClH/c1-19(14-8-3-2-4-9-14)16(15(20)11-18)12-6-5-7-13(17)10-12;/h2-10,15-16,20H,11,18H2,1H3;1H. The second-order valence-corrected chi connectivity index (χ2v) is 4.75. The number of hydrogen-bond acceptors (Lipinski definition) is 3. The Morgan fingerprint density at radius 3 is 2.38 bits per heavy atom. The molecule has 0 heterocycles. The molecule has 0 aromatic heterocycles. The molecule has 0 aliphatic carbocycles. The van der Waals surface area contributed by atoms with Crippen LogP contribution >= 0.6 is 12.4 Å². The quantitative estimate of drug-likeness (QED) is 0.893. The molecule has 0 radical (unpaired) electrons. The van der Waals surface area contributed by atoms with Crippen LogP contribution in [0.15, 0.2) is 54.6 Å². The van der Waals surface area contributed by atoms with Crippen LogP contribution < -0.4 is 10.6 Å². The zero-order chi connectivity index (χ0) is 14.5. The Hall–Kier alpha value is -1.62. The van der Waals surface area contributed by atoms with E-state index >= 15 is 0 Å². The zero-order valence-electron chi connectivity index (χ0n) is 11.8. The number of aliphatic hydroxyl groups excluding tert-OH is 1. The second kappa shape index (κ2) is 7.98. The summed E-state index contributed by atoms with van der Waals surface area (Å²) in [5.41, 5.74) is 7.24. The first kappa shape index (κ1) is 17.4. The molecule has 114 valence electrons. The molecule has 0 saturated carbocycles. The molecule has 0 aliphatic rings. The molecule has 21 heavy (non-hydrogen) atoms. The number of hydrogen-bond donors (Lipinski definition) is 2. The molecule has 0 amide bonds. The minimum Gasteiger partial charge on any atom is -0.389 e. The van der Waals surface area contributed by atoms with E-state index in [2.05, 4.69) is 0 Å². The number of nitrogens with two attached hydrogens (primary N) is 1. The Kier molecular flexibility index (Phi) is 6.62. The molecule has 0 saturated heterocycles. The van der Waals surface area contributed by atoms with Gasteiger partial charge >= 0.3 is 0 Å². The van der Waals surface area contributed by atoms with Gasteiger partial charge in [0.2, 0.25) is 0 Å². The molecule has 2 atom stereocenters. The number of likely N-dealkylation sites (N-methyl/N-ethyl adjacent to an activating group) is 1. The van der Waals surface area contributed by atoms with E-state index in [1.54, 1.807) is 12.1 Å². The lowest BCUT2D eigenvalue weighted by Gasteiger charge is -2.33. The normalized spacial score (nSPS) is 13.1. The van der Waals surface area contributed by atoms with E-state index in [1.165, 1.54) is 12.1 Å². The fourth-order valence-electron chi connectivity index (χ4n) is 2.35. The molecule has 2 aromatic rings. The summed E-state index contributed by atoms with van der Waals surface area (Å²) in [6, 6.07) is 15.5. The molecule has 0 aliphatic heterocycles. The zero-order valence-corrected chi connectivity index (χ0v) is 12.6. The van der Waals surface area contributed by atoms with Crippen LogP contribution in [0.3, 0.4) is 0 Å². The van der Waals surface area contributed by atoms with E-state index in [0.717, 1.165) is 5.69 Å². The van der Waals surface area contributed by atoms with E-state index in [1.807, 2.05) is 42.3 Å². The lowest BCUT2D eigenvalue weighted by molar-refractivity contribution is 0.150. The van der Waals surface area contributed by atoms with E-state index in [9.17, 15) is 9.50 Å². The summed E-state index contributed by atoms with van der Waals surface area (Å²) in [5.74, 6) is -0.321. The fourth-order valence-corrected chi connectivity index (χ4v) is 2.35. The average molecular weight is 311 g/mol. The number of nitrogens with zero attached hydrogens (tertiary/aromatic N) is 1. The molecule has 5 heteroatoms. The highest BCUT2D eigenvalue weighted by atomic mass is 35.5. The van der Waals surface area contributed by atoms with Crippen molar-refractivity contribution in [3.63, 3.8) is 0 Å². The monoisotopic (exact) mass is 310 g/mol. The van der Waals surface area contributed by atoms with Crippen LogP contribution in [-0.2, 0) is 0 Å². The van der Waals surface area contributed by atoms with Gasteiger partial charge in [0, 0.05) is 19.3 Å². The van der Waals surface area contributed by atoms with Crippen molar-refractivity contribution in [2.24, 2.45) is 5.73 Å². The van der Waals surface area contributed by atoms with Crippen LogP contribution in [0.5, 0.6) is 0 Å². The molecule has 0 spiro atoms. The van der Waals surface area contributed by atoms with Crippen molar-refractivity contribution in [2.75, 3.05) is 18.5 Å². The Morgan fingerprint density at radius 2 is 1.81 bits per heavy atom. The third-order valence-electron chi connectivity index (χ3n) is 3.38. The Balaban J connectivity index is 0.00000220. The van der Waals surface area contributed by atoms with Gasteiger partial charge in [-0.2, -0.15) is 0 Å². The maximum Gasteiger partial charge on any atom is 0.123 e. The molecule has 2 aromatic carbocycles. The number of aliphatic hydroxyl groups is 1. The number of para-hydroxylation sites is 1. The van der Waals surface area contributed by atoms with E-state index in [-0.39, 0.29) is 24.8 Å². The van der Waals surface area contributed by atoms with Gasteiger partial charge < -0.3 is 15.7 Å². The number of halogens is 2. The maximum atomic E-state index is 13.4. The molecule has 0 fully saturated rings. The maximum absolute atomic E-state index is 13.4. The van der Waals surface area contributed by atoms with Gasteiger partial charge in [-0.15, -0.1) is 12.4 Å². The minimum absolute atomic E-state index is 0. The van der Waals surface area contributed by atoms with Crippen molar-refractivity contribution in [2.45, 2.75) is 12.1 Å². The molecule has 3 N–H and O–H groups in total. The summed E-state index contributed by atoms with van der Waals surface area (Å²) in [4.78, 5) is 1.91. The van der Waals surface area contributed by atoms with Gasteiger partial charge in [-0.25, -0.2) is 4.39 Å². The Morgan fingerprint density at radius 1 is 1.14 bits per heavy atom. The smallest absolute Gasteiger partial charge is 0.123 e. The van der Waals surface area contributed by atoms with Gasteiger partial charge in [0.25, 0.3) is 0 Å². The van der Waals surface area contributed by atoms with Gasteiger partial charge in [-0.1, -0.05) is 30.3 Å². The van der Waals surface area contributed by atoms with Crippen molar-refractivity contribution < 1.29 is 9.50 Å². The fraction of sp³-hybridized carbons (Fsp3) is 0.250. The lowest BCUT2D eigenvalue weighted by Crippen LogP contribution is -2.38. The van der Waals surface area contributed by atoms with Gasteiger partial charge in [0.1, 0.15) is 5.82 Å². The summed E-state index contributed by atoms with van der Waals surface area (Å²) in [7, 11) is 1.86. The van der Waals surface area contributed by atoms with Crippen LogP contribution in [-0.4, -0.2) is 24.8 Å². The highest BCUT2D eigenvalue weighted by Crippen LogP contribution is 2.28. The van der Waals surface area contributed by atoms with E-state index in [0.29, 0.717) is 5.56 Å². The summed E-state index contributed by atoms with van der Waals surface area (Å²) >= 11 is 0. The van der Waals surface area contributed by atoms with Gasteiger partial charge in [0.15, 0.2) is 0 Å². The van der Waals surface area contributed by atoms with Crippen molar-refractivity contribution in [3.05, 3.63) is 66.0 Å². The summed E-state index contributed by atoms with van der Waals surface area (Å²) in [6.07, 6.45) is -0.776. The molecule has 2 unspecified atom stereocenters. The van der Waals surface area contributed by atoms with Crippen molar-refractivity contribution in [1.82, 2.24) is 0 Å². The first-order chi connectivity index (χ1) is 9.63. The van der Waals surface area contributed by atoms with E-state index < -0.39 is 12.1 Å². The third-order valence-corrected chi connectivity index (χ3v) is 3.38. The molecule has 2 rings (SSSR count). The Labute approximate surface area is 130 Å². The first-order valence-electron chi connectivity index (χ1n) is 6.55. The predicted octanol–water partition coefficient (Wildman–Crippen LogP) is 2.74. The highest BCUT2D eigenvalue weighted by molar-refractivity contribution is 5.85. The van der Waals surface area contributed by atoms with Crippen molar-refractivity contribution >= 4 is 18.1 Å². The number of anilines is 1. The van der Waals surface area contributed by atoms with Crippen LogP contribution in [0.25, 0.3) is 0 Å². The summed E-state index contributed by atoms with van der Waals surface area (Å²) in [5, 5.41) is 10.2. The van der Waals surface area contributed by atoms with E-state index in [4.69, 9.17) is 5.73 Å². The van der Waals surface area contributed by atoms with Crippen LogP contribution in [0.1, 0.15) is 11.6 Å². The van der Waals surface area contributed by atoms with Crippen LogP contribution in [0, 0.1) is 5.82 Å². The topological polar surface area (TPSA) is 49.5 Å². The number of rotatable bonds is 5. The molecule has 0 bridgehead atoms. The SMILES string of the molecule is CN(c1ccccc1)C(c1cccc(F)c1)C(O)CN.Cl. The summed E-state index contributed by atoms with van der Waals surface area (Å²) in [6.45, 7) is 0.109. The Bertz CT molecular complexity index is 553. The third kappa shape index (κ3) is 4.17. The minimum atomic E-state index is -0.776. The lowest BCUT2D eigenvalue weighted by atomic mass is 9.99.